The fourth-order valence-corrected chi connectivity index (χ4v) is 3.43. The smallest absolute Gasteiger partial charge is 0.410 e. The summed E-state index contributed by atoms with van der Waals surface area (Å²) in [6, 6.07) is 0. The summed E-state index contributed by atoms with van der Waals surface area (Å²) in [6.45, 7) is 15.8. The van der Waals surface area contributed by atoms with Crippen LogP contribution in [0.5, 0.6) is 0 Å². The van der Waals surface area contributed by atoms with Crippen molar-refractivity contribution in [1.82, 2.24) is 9.80 Å². The Morgan fingerprint density at radius 1 is 0.767 bits per heavy atom. The summed E-state index contributed by atoms with van der Waals surface area (Å²) in [5.74, 6) is 1.01. The predicted molar refractivity (Wildman–Crippen MR) is 119 cm³/mol. The molecule has 0 bridgehead atoms. The van der Waals surface area contributed by atoms with Gasteiger partial charge in [-0.05, 0) is 92.2 Å². The number of hydrogen-bond donors (Lipinski definition) is 2. The Balaban J connectivity index is 0.000000300. The third-order valence-electron chi connectivity index (χ3n) is 5.10. The molecule has 2 fully saturated rings. The molecule has 0 aromatic carbocycles. The van der Waals surface area contributed by atoms with Gasteiger partial charge in [0.25, 0.3) is 0 Å². The molecule has 176 valence electrons. The Morgan fingerprint density at radius 2 is 1.23 bits per heavy atom. The second kappa shape index (κ2) is 11.7. The second-order valence-corrected chi connectivity index (χ2v) is 10.3. The monoisotopic (exact) mass is 428 g/mol. The Hall–Kier alpha value is -1.54. The topological polar surface area (TPSA) is 111 Å². The highest BCUT2D eigenvalue weighted by Crippen LogP contribution is 2.19. The lowest BCUT2D eigenvalue weighted by atomic mass is 9.97. The molecule has 30 heavy (non-hydrogen) atoms. The average Bonchev–Trinajstić information content (AvgIpc) is 2.66. The third kappa shape index (κ3) is 10.5. The van der Waals surface area contributed by atoms with Crippen molar-refractivity contribution >= 4 is 12.2 Å². The van der Waals surface area contributed by atoms with E-state index in [-0.39, 0.29) is 12.2 Å². The minimum Gasteiger partial charge on any atom is -0.444 e. The number of carbonyl (C=O) groups excluding carboxylic acids is 2. The van der Waals surface area contributed by atoms with Gasteiger partial charge in [0.1, 0.15) is 11.2 Å². The van der Waals surface area contributed by atoms with E-state index in [4.69, 9.17) is 20.9 Å². The van der Waals surface area contributed by atoms with E-state index in [1.807, 2.05) is 41.5 Å². The first-order valence-electron chi connectivity index (χ1n) is 11.2. The predicted octanol–water partition coefficient (Wildman–Crippen LogP) is 3.18. The molecule has 0 aromatic rings. The molecule has 8 heteroatoms. The van der Waals surface area contributed by atoms with E-state index in [1.54, 1.807) is 9.80 Å². The van der Waals surface area contributed by atoms with Crippen molar-refractivity contribution in [2.24, 2.45) is 23.3 Å². The highest BCUT2D eigenvalue weighted by atomic mass is 16.6. The van der Waals surface area contributed by atoms with Crippen LogP contribution in [-0.4, -0.2) is 72.5 Å². The van der Waals surface area contributed by atoms with Crippen molar-refractivity contribution in [1.29, 1.82) is 0 Å². The lowest BCUT2D eigenvalue weighted by Crippen LogP contribution is -2.44. The van der Waals surface area contributed by atoms with Gasteiger partial charge in [-0.1, -0.05) is 0 Å². The molecule has 2 aliphatic heterocycles. The number of likely N-dealkylation sites (tertiary alicyclic amines) is 2. The maximum atomic E-state index is 11.7. The van der Waals surface area contributed by atoms with Gasteiger partial charge in [0, 0.05) is 26.2 Å². The van der Waals surface area contributed by atoms with E-state index in [2.05, 4.69) is 0 Å². The molecule has 4 N–H and O–H groups in total. The highest BCUT2D eigenvalue weighted by molar-refractivity contribution is 5.68. The van der Waals surface area contributed by atoms with Crippen molar-refractivity contribution in [2.75, 3.05) is 39.3 Å². The summed E-state index contributed by atoms with van der Waals surface area (Å²) in [5.41, 5.74) is 10.4. The van der Waals surface area contributed by atoms with Gasteiger partial charge >= 0.3 is 12.2 Å². The fraction of sp³-hybridized carbons (Fsp3) is 0.909. The van der Waals surface area contributed by atoms with Gasteiger partial charge in [0.05, 0.1) is 0 Å². The highest BCUT2D eigenvalue weighted by Gasteiger charge is 2.27. The van der Waals surface area contributed by atoms with Gasteiger partial charge in [0.15, 0.2) is 0 Å². The van der Waals surface area contributed by atoms with Crippen molar-refractivity contribution in [2.45, 2.75) is 78.4 Å². The van der Waals surface area contributed by atoms with E-state index in [0.29, 0.717) is 18.4 Å². The molecule has 1 unspecified atom stereocenters. The van der Waals surface area contributed by atoms with Gasteiger partial charge in [-0.2, -0.15) is 0 Å². The second-order valence-electron chi connectivity index (χ2n) is 10.3. The average molecular weight is 429 g/mol. The first-order valence-corrected chi connectivity index (χ1v) is 11.2. The number of rotatable bonds is 2. The number of carbonyl (C=O) groups is 2. The first-order chi connectivity index (χ1) is 13.8. The van der Waals surface area contributed by atoms with Crippen LogP contribution in [0.3, 0.4) is 0 Å². The van der Waals surface area contributed by atoms with E-state index in [9.17, 15) is 9.59 Å². The van der Waals surface area contributed by atoms with Crippen LogP contribution in [0.25, 0.3) is 0 Å². The van der Waals surface area contributed by atoms with Crippen molar-refractivity contribution in [3.8, 4) is 0 Å². The van der Waals surface area contributed by atoms with Crippen LogP contribution >= 0.6 is 0 Å². The minimum atomic E-state index is -0.410. The van der Waals surface area contributed by atoms with Gasteiger partial charge in [-0.3, -0.25) is 0 Å². The number of amides is 2. The molecular formula is C22H44N4O4. The molecule has 2 rings (SSSR count). The molecule has 2 saturated heterocycles. The zero-order valence-corrected chi connectivity index (χ0v) is 19.9. The van der Waals surface area contributed by atoms with Gasteiger partial charge < -0.3 is 30.7 Å². The zero-order valence-electron chi connectivity index (χ0n) is 19.9. The molecule has 1 atom stereocenters. The first kappa shape index (κ1) is 26.5. The Kier molecular flexibility index (Phi) is 10.4. The lowest BCUT2D eigenvalue weighted by molar-refractivity contribution is 0.0166. The fourth-order valence-electron chi connectivity index (χ4n) is 3.43. The summed E-state index contributed by atoms with van der Waals surface area (Å²) < 4.78 is 10.6. The number of piperidine rings is 2. The molecule has 0 aromatic heterocycles. The van der Waals surface area contributed by atoms with Crippen LogP contribution in [-0.2, 0) is 9.47 Å². The summed E-state index contributed by atoms with van der Waals surface area (Å²) in [4.78, 5) is 27.0. The molecule has 0 spiro atoms. The van der Waals surface area contributed by atoms with Gasteiger partial charge in [-0.15, -0.1) is 0 Å². The van der Waals surface area contributed by atoms with E-state index in [0.717, 1.165) is 58.4 Å². The number of nitrogens with zero attached hydrogens (tertiary/aromatic N) is 2. The molecular weight excluding hydrogens is 384 g/mol. The number of hydrogen-bond acceptors (Lipinski definition) is 6. The van der Waals surface area contributed by atoms with E-state index in [1.165, 1.54) is 0 Å². The summed E-state index contributed by atoms with van der Waals surface area (Å²) in [5, 5.41) is 0. The van der Waals surface area contributed by atoms with Gasteiger partial charge in [-0.25, -0.2) is 9.59 Å². The van der Waals surface area contributed by atoms with Crippen LogP contribution in [0.15, 0.2) is 0 Å². The normalized spacial score (nSPS) is 20.9. The maximum Gasteiger partial charge on any atom is 0.410 e. The summed E-state index contributed by atoms with van der Waals surface area (Å²) in [6.07, 6.45) is 3.74. The van der Waals surface area contributed by atoms with Crippen LogP contribution in [0, 0.1) is 11.8 Å². The maximum absolute atomic E-state index is 11.7. The Bertz CT molecular complexity index is 534. The minimum absolute atomic E-state index is 0.196. The largest absolute Gasteiger partial charge is 0.444 e. The van der Waals surface area contributed by atoms with Crippen LogP contribution in [0.1, 0.15) is 67.2 Å². The number of nitrogens with two attached hydrogens (primary N) is 2. The SMILES string of the molecule is CC(C)(C)OC(=O)N1CCC(CN)CC1.CC(C)(C)OC(=O)N1CCCC(CN)C1. The van der Waals surface area contributed by atoms with Crippen molar-refractivity contribution < 1.29 is 19.1 Å². The Labute approximate surface area is 182 Å². The van der Waals surface area contributed by atoms with Crippen molar-refractivity contribution in [3.05, 3.63) is 0 Å². The quantitative estimate of drug-likeness (QED) is 0.699. The molecule has 0 radical (unpaired) electrons. The standard InChI is InChI=1S/2C11H22N2O2/c1-11(2,3)15-10(14)13-6-4-9(8-12)5-7-13;1-11(2,3)15-10(14)13-6-4-5-9(7-12)8-13/h2*9H,4-8,12H2,1-3H3. The molecule has 0 saturated carbocycles. The van der Waals surface area contributed by atoms with Gasteiger partial charge in [0.2, 0.25) is 0 Å². The Morgan fingerprint density at radius 3 is 1.67 bits per heavy atom. The molecule has 2 heterocycles. The van der Waals surface area contributed by atoms with E-state index >= 15 is 0 Å². The molecule has 0 aliphatic carbocycles. The van der Waals surface area contributed by atoms with Crippen LogP contribution in [0.4, 0.5) is 9.59 Å². The molecule has 8 nitrogen and oxygen atoms in total. The number of ether oxygens (including phenoxy) is 2. The molecule has 2 amide bonds. The van der Waals surface area contributed by atoms with E-state index < -0.39 is 11.2 Å². The molecule has 2 aliphatic rings. The van der Waals surface area contributed by atoms with Crippen LogP contribution < -0.4 is 11.5 Å². The summed E-state index contributed by atoms with van der Waals surface area (Å²) >= 11 is 0. The zero-order chi connectivity index (χ0) is 22.9. The van der Waals surface area contributed by atoms with Crippen molar-refractivity contribution in [3.63, 3.8) is 0 Å². The third-order valence-corrected chi connectivity index (χ3v) is 5.10. The lowest BCUT2D eigenvalue weighted by Gasteiger charge is -2.33. The van der Waals surface area contributed by atoms with Crippen LogP contribution in [0.2, 0.25) is 0 Å². The summed E-state index contributed by atoms with van der Waals surface area (Å²) in [7, 11) is 0.